The van der Waals surface area contributed by atoms with Gasteiger partial charge in [0.1, 0.15) is 0 Å². The summed E-state index contributed by atoms with van der Waals surface area (Å²) < 4.78 is 27.0. The molecule has 1 heterocycles. The van der Waals surface area contributed by atoms with Crippen LogP contribution in [0.4, 0.5) is 0 Å². The smallest absolute Gasteiger partial charge is 0.243 e. The van der Waals surface area contributed by atoms with Gasteiger partial charge in [0, 0.05) is 19.6 Å². The molecule has 140 valence electrons. The van der Waals surface area contributed by atoms with Gasteiger partial charge in [-0.05, 0) is 59.0 Å². The first-order valence-electron chi connectivity index (χ1n) is 8.80. The van der Waals surface area contributed by atoms with Crippen LogP contribution >= 0.6 is 0 Å². The molecule has 1 aromatic rings. The number of hydrogen-bond acceptors (Lipinski definition) is 4. The molecule has 1 atom stereocenters. The van der Waals surface area contributed by atoms with E-state index in [-0.39, 0.29) is 18.4 Å². The van der Waals surface area contributed by atoms with Crippen LogP contribution in [0, 0.1) is 12.8 Å². The number of nitrogens with zero attached hydrogens (tertiary/aromatic N) is 2. The summed E-state index contributed by atoms with van der Waals surface area (Å²) in [6.45, 7) is 4.20. The summed E-state index contributed by atoms with van der Waals surface area (Å²) in [5, 5.41) is 2.94. The van der Waals surface area contributed by atoms with E-state index in [1.807, 2.05) is 21.0 Å². The first kappa shape index (κ1) is 19.9. The summed E-state index contributed by atoms with van der Waals surface area (Å²) in [5.74, 6) is -0.309. The predicted octanol–water partition coefficient (Wildman–Crippen LogP) is 1.46. The fourth-order valence-corrected chi connectivity index (χ4v) is 4.51. The molecule has 1 aromatic carbocycles. The molecule has 2 rings (SSSR count). The molecule has 1 amide bonds. The Morgan fingerprint density at radius 1 is 1.28 bits per heavy atom. The molecule has 0 bridgehead atoms. The Kier molecular flexibility index (Phi) is 6.98. The zero-order valence-electron chi connectivity index (χ0n) is 15.4. The van der Waals surface area contributed by atoms with Crippen LogP contribution in [-0.2, 0) is 14.8 Å². The first-order valence-corrected chi connectivity index (χ1v) is 10.2. The van der Waals surface area contributed by atoms with Crippen LogP contribution in [0.3, 0.4) is 0 Å². The number of amides is 1. The first-order chi connectivity index (χ1) is 11.8. The Bertz CT molecular complexity index is 671. The van der Waals surface area contributed by atoms with Crippen molar-refractivity contribution < 1.29 is 13.2 Å². The van der Waals surface area contributed by atoms with Gasteiger partial charge in [-0.15, -0.1) is 0 Å². The quantitative estimate of drug-likeness (QED) is 0.741. The minimum absolute atomic E-state index is 0.0393. The van der Waals surface area contributed by atoms with E-state index in [4.69, 9.17) is 0 Å². The van der Waals surface area contributed by atoms with Gasteiger partial charge in [-0.25, -0.2) is 8.42 Å². The number of hydrogen-bond donors (Lipinski definition) is 1. The summed E-state index contributed by atoms with van der Waals surface area (Å²) in [6, 6.07) is 6.86. The second-order valence-electron chi connectivity index (χ2n) is 6.96. The maximum absolute atomic E-state index is 12.8. The topological polar surface area (TPSA) is 69.7 Å². The van der Waals surface area contributed by atoms with Crippen LogP contribution < -0.4 is 5.32 Å². The molecule has 0 spiro atoms. The van der Waals surface area contributed by atoms with Gasteiger partial charge in [0.15, 0.2) is 0 Å². The molecule has 1 saturated heterocycles. The van der Waals surface area contributed by atoms with Gasteiger partial charge in [0.05, 0.1) is 10.8 Å². The van der Waals surface area contributed by atoms with Crippen molar-refractivity contribution in [3.63, 3.8) is 0 Å². The molecule has 0 saturated carbocycles. The van der Waals surface area contributed by atoms with Crippen molar-refractivity contribution >= 4 is 15.9 Å². The predicted molar refractivity (Wildman–Crippen MR) is 98.8 cm³/mol. The SMILES string of the molecule is Cc1ccc(S(=O)(=O)N2CCCC(C(=O)NCCCN(C)C)C2)cc1. The molecule has 1 unspecified atom stereocenters. The third kappa shape index (κ3) is 5.52. The average Bonchev–Trinajstić information content (AvgIpc) is 2.59. The molecule has 0 radical (unpaired) electrons. The van der Waals surface area contributed by atoms with E-state index in [1.54, 1.807) is 24.3 Å². The Morgan fingerprint density at radius 2 is 1.96 bits per heavy atom. The monoisotopic (exact) mass is 367 g/mol. The minimum atomic E-state index is -3.53. The van der Waals surface area contributed by atoms with Gasteiger partial charge in [-0.3, -0.25) is 4.79 Å². The fourth-order valence-electron chi connectivity index (χ4n) is 2.99. The second kappa shape index (κ2) is 8.78. The third-order valence-corrected chi connectivity index (χ3v) is 6.37. The number of aryl methyl sites for hydroxylation is 1. The number of benzene rings is 1. The average molecular weight is 368 g/mol. The van der Waals surface area contributed by atoms with Gasteiger partial charge in [-0.1, -0.05) is 17.7 Å². The molecule has 1 N–H and O–H groups in total. The molecule has 0 aliphatic carbocycles. The van der Waals surface area contributed by atoms with Crippen molar-refractivity contribution in [3.05, 3.63) is 29.8 Å². The van der Waals surface area contributed by atoms with Crippen LogP contribution in [0.5, 0.6) is 0 Å². The van der Waals surface area contributed by atoms with Crippen LogP contribution in [0.15, 0.2) is 29.2 Å². The Morgan fingerprint density at radius 3 is 2.60 bits per heavy atom. The Hall–Kier alpha value is -1.44. The van der Waals surface area contributed by atoms with E-state index >= 15 is 0 Å². The fraction of sp³-hybridized carbons (Fsp3) is 0.611. The van der Waals surface area contributed by atoms with E-state index in [9.17, 15) is 13.2 Å². The van der Waals surface area contributed by atoms with Gasteiger partial charge < -0.3 is 10.2 Å². The zero-order valence-corrected chi connectivity index (χ0v) is 16.2. The summed E-state index contributed by atoms with van der Waals surface area (Å²) >= 11 is 0. The number of carbonyl (C=O) groups excluding carboxylic acids is 1. The maximum Gasteiger partial charge on any atom is 0.243 e. The van der Waals surface area contributed by atoms with Crippen molar-refractivity contribution in [2.24, 2.45) is 5.92 Å². The van der Waals surface area contributed by atoms with Crippen LogP contribution in [0.25, 0.3) is 0 Å². The third-order valence-electron chi connectivity index (χ3n) is 4.50. The van der Waals surface area contributed by atoms with Gasteiger partial charge in [-0.2, -0.15) is 4.31 Å². The number of nitrogens with one attached hydrogen (secondary N) is 1. The lowest BCUT2D eigenvalue weighted by Crippen LogP contribution is -2.45. The lowest BCUT2D eigenvalue weighted by atomic mass is 9.99. The van der Waals surface area contributed by atoms with E-state index in [2.05, 4.69) is 10.2 Å². The van der Waals surface area contributed by atoms with E-state index in [0.29, 0.717) is 24.4 Å². The molecular weight excluding hydrogens is 338 g/mol. The van der Waals surface area contributed by atoms with E-state index in [1.165, 1.54) is 4.31 Å². The normalized spacial score (nSPS) is 19.1. The lowest BCUT2D eigenvalue weighted by Gasteiger charge is -2.31. The molecular formula is C18H29N3O3S. The Balaban J connectivity index is 1.95. The highest BCUT2D eigenvalue weighted by Gasteiger charge is 2.33. The Labute approximate surface area is 151 Å². The highest BCUT2D eigenvalue weighted by atomic mass is 32.2. The second-order valence-corrected chi connectivity index (χ2v) is 8.90. The van der Waals surface area contributed by atoms with Gasteiger partial charge in [0.2, 0.25) is 15.9 Å². The van der Waals surface area contributed by atoms with E-state index in [0.717, 1.165) is 24.9 Å². The van der Waals surface area contributed by atoms with Crippen molar-refractivity contribution in [3.8, 4) is 0 Å². The molecule has 6 nitrogen and oxygen atoms in total. The number of sulfonamides is 1. The van der Waals surface area contributed by atoms with Gasteiger partial charge >= 0.3 is 0 Å². The van der Waals surface area contributed by atoms with Crippen molar-refractivity contribution in [2.75, 3.05) is 40.3 Å². The molecule has 1 fully saturated rings. The molecule has 1 aliphatic rings. The zero-order chi connectivity index (χ0) is 18.4. The standard InChI is InChI=1S/C18H29N3O3S/c1-15-7-9-17(10-8-15)25(23,24)21-13-4-6-16(14-21)18(22)19-11-5-12-20(2)3/h7-10,16H,4-6,11-14H2,1-3H3,(H,19,22). The minimum Gasteiger partial charge on any atom is -0.356 e. The van der Waals surface area contributed by atoms with Crippen LogP contribution in [0.1, 0.15) is 24.8 Å². The summed E-state index contributed by atoms with van der Waals surface area (Å²) in [5.41, 5.74) is 1.02. The van der Waals surface area contributed by atoms with Crippen LogP contribution in [0.2, 0.25) is 0 Å². The summed E-state index contributed by atoms with van der Waals surface area (Å²) in [6.07, 6.45) is 2.33. The van der Waals surface area contributed by atoms with Crippen molar-refractivity contribution in [1.82, 2.24) is 14.5 Å². The largest absolute Gasteiger partial charge is 0.356 e. The molecule has 1 aliphatic heterocycles. The molecule has 25 heavy (non-hydrogen) atoms. The van der Waals surface area contributed by atoms with Gasteiger partial charge in [0.25, 0.3) is 0 Å². The summed E-state index contributed by atoms with van der Waals surface area (Å²) in [4.78, 5) is 14.7. The van der Waals surface area contributed by atoms with E-state index < -0.39 is 10.0 Å². The molecule has 7 heteroatoms. The number of rotatable bonds is 7. The number of piperidine rings is 1. The molecule has 0 aromatic heterocycles. The van der Waals surface area contributed by atoms with Crippen LogP contribution in [-0.4, -0.2) is 63.8 Å². The maximum atomic E-state index is 12.8. The lowest BCUT2D eigenvalue weighted by molar-refractivity contribution is -0.126. The summed E-state index contributed by atoms with van der Waals surface area (Å²) in [7, 11) is 0.459. The van der Waals surface area contributed by atoms with Crippen molar-refractivity contribution in [2.45, 2.75) is 31.1 Å². The highest BCUT2D eigenvalue weighted by molar-refractivity contribution is 7.89. The number of carbonyl (C=O) groups is 1. The van der Waals surface area contributed by atoms with Crippen molar-refractivity contribution in [1.29, 1.82) is 0 Å². The highest BCUT2D eigenvalue weighted by Crippen LogP contribution is 2.24.